The van der Waals surface area contributed by atoms with E-state index < -0.39 is 9.85 Å². The van der Waals surface area contributed by atoms with Crippen molar-refractivity contribution in [3.8, 4) is 0 Å². The van der Waals surface area contributed by atoms with Crippen LogP contribution < -0.4 is 16.0 Å². The number of aromatic nitrogens is 3. The lowest BCUT2D eigenvalue weighted by atomic mass is 10.2. The molecule has 0 aliphatic carbocycles. The summed E-state index contributed by atoms with van der Waals surface area (Å²) in [7, 11) is 0. The normalized spacial score (nSPS) is 10.7. The van der Waals surface area contributed by atoms with Crippen LogP contribution in [0.3, 0.4) is 0 Å². The average molecular weight is 596 g/mol. The molecule has 0 spiro atoms. The number of benzene rings is 3. The van der Waals surface area contributed by atoms with Crippen molar-refractivity contribution in [1.29, 1.82) is 0 Å². The fraction of sp³-hybridized carbons (Fsp3) is 0.0455. The molecule has 38 heavy (non-hydrogen) atoms. The van der Waals surface area contributed by atoms with Gasteiger partial charge >= 0.3 is 0 Å². The lowest BCUT2D eigenvalue weighted by Gasteiger charge is -2.14. The van der Waals surface area contributed by atoms with E-state index in [1.165, 1.54) is 0 Å². The van der Waals surface area contributed by atoms with Crippen molar-refractivity contribution >= 4 is 92.7 Å². The second-order valence-corrected chi connectivity index (χ2v) is 9.26. The van der Waals surface area contributed by atoms with Gasteiger partial charge in [0.1, 0.15) is 0 Å². The smallest absolute Gasteiger partial charge is 0.272 e. The molecular weight excluding hydrogens is 582 g/mol. The molecule has 16 heteroatoms. The van der Waals surface area contributed by atoms with Gasteiger partial charge in [0.2, 0.25) is 17.8 Å². The van der Waals surface area contributed by atoms with Crippen molar-refractivity contribution in [3.63, 3.8) is 0 Å². The number of rotatable bonds is 8. The molecule has 0 aliphatic rings. The SMILES string of the molecule is Cc1ccc(Nc2nc(Nc3c(Cl)cc([N+](=O)[O-])cc3Cl)nc(Nc3c(Cl)cc([N+](=O)[O-])cc3Cl)n2)cc1. The number of non-ortho nitro benzene ring substituents is 2. The first-order valence-corrected chi connectivity index (χ1v) is 11.9. The Labute approximate surface area is 234 Å². The summed E-state index contributed by atoms with van der Waals surface area (Å²) >= 11 is 24.9. The van der Waals surface area contributed by atoms with E-state index in [0.29, 0.717) is 5.69 Å². The van der Waals surface area contributed by atoms with E-state index in [1.807, 2.05) is 31.2 Å². The highest BCUT2D eigenvalue weighted by atomic mass is 35.5. The Morgan fingerprint density at radius 2 is 0.974 bits per heavy atom. The molecule has 3 N–H and O–H groups in total. The summed E-state index contributed by atoms with van der Waals surface area (Å²) in [6.45, 7) is 1.94. The van der Waals surface area contributed by atoms with Gasteiger partial charge in [-0.05, 0) is 19.1 Å². The molecule has 0 saturated carbocycles. The molecule has 194 valence electrons. The number of hydrogen-bond donors (Lipinski definition) is 3. The summed E-state index contributed by atoms with van der Waals surface area (Å²) in [4.78, 5) is 33.9. The molecule has 4 aromatic rings. The molecule has 1 heterocycles. The monoisotopic (exact) mass is 594 g/mol. The van der Waals surface area contributed by atoms with Crippen molar-refractivity contribution in [2.24, 2.45) is 0 Å². The Balaban J connectivity index is 1.75. The van der Waals surface area contributed by atoms with Gasteiger partial charge in [-0.3, -0.25) is 20.2 Å². The molecule has 0 atom stereocenters. The molecule has 0 amide bonds. The second kappa shape index (κ2) is 11.2. The molecule has 0 unspecified atom stereocenters. The molecule has 4 rings (SSSR count). The molecule has 12 nitrogen and oxygen atoms in total. The largest absolute Gasteiger partial charge is 0.324 e. The zero-order chi connectivity index (χ0) is 27.6. The van der Waals surface area contributed by atoms with Crippen molar-refractivity contribution < 1.29 is 9.85 Å². The average Bonchev–Trinajstić information content (AvgIpc) is 2.84. The minimum absolute atomic E-state index is 0.0476. The van der Waals surface area contributed by atoms with Gasteiger partial charge in [-0.25, -0.2) is 0 Å². The Bertz CT molecular complexity index is 1430. The van der Waals surface area contributed by atoms with Crippen LogP contribution in [-0.4, -0.2) is 24.8 Å². The number of nitro groups is 2. The fourth-order valence-electron chi connectivity index (χ4n) is 3.10. The minimum atomic E-state index is -0.631. The summed E-state index contributed by atoms with van der Waals surface area (Å²) < 4.78 is 0. The highest BCUT2D eigenvalue weighted by Gasteiger charge is 2.19. The van der Waals surface area contributed by atoms with Crippen LogP contribution >= 0.6 is 46.4 Å². The summed E-state index contributed by atoms with van der Waals surface area (Å²) in [6.07, 6.45) is 0. The van der Waals surface area contributed by atoms with Crippen LogP contribution in [0.1, 0.15) is 5.56 Å². The zero-order valence-corrected chi connectivity index (χ0v) is 22.0. The van der Waals surface area contributed by atoms with E-state index in [4.69, 9.17) is 46.4 Å². The number of halogens is 4. The number of anilines is 6. The quantitative estimate of drug-likeness (QED) is 0.135. The Morgan fingerprint density at radius 3 is 1.32 bits per heavy atom. The number of aryl methyl sites for hydroxylation is 1. The Kier molecular flexibility index (Phi) is 7.97. The minimum Gasteiger partial charge on any atom is -0.324 e. The molecule has 1 aromatic heterocycles. The molecule has 0 aliphatic heterocycles. The molecule has 0 fully saturated rings. The fourth-order valence-corrected chi connectivity index (χ4v) is 4.24. The standard InChI is InChI=1S/C22H14Cl4N8O4/c1-10-2-4-11(5-3-10)27-20-30-21(28-18-14(23)6-12(33(35)36)7-15(18)24)32-22(31-20)29-19-16(25)8-13(34(37)38)9-17(19)26/h2-9H,1H3,(H3,27,28,29,30,31,32). The Morgan fingerprint density at radius 1 is 0.632 bits per heavy atom. The van der Waals surface area contributed by atoms with Crippen LogP contribution in [0.15, 0.2) is 48.5 Å². The van der Waals surface area contributed by atoms with E-state index in [-0.39, 0.29) is 60.7 Å². The number of hydrogen-bond acceptors (Lipinski definition) is 10. The number of nitrogens with one attached hydrogen (secondary N) is 3. The van der Waals surface area contributed by atoms with E-state index in [1.54, 1.807) is 0 Å². The van der Waals surface area contributed by atoms with Crippen LogP contribution in [-0.2, 0) is 0 Å². The van der Waals surface area contributed by atoms with Crippen LogP contribution in [0, 0.1) is 27.2 Å². The van der Waals surface area contributed by atoms with Gasteiger partial charge in [-0.2, -0.15) is 15.0 Å². The summed E-state index contributed by atoms with van der Waals surface area (Å²) in [5, 5.41) is 30.7. The number of nitro benzene ring substituents is 2. The lowest BCUT2D eigenvalue weighted by Crippen LogP contribution is -2.08. The van der Waals surface area contributed by atoms with Gasteiger partial charge in [0.15, 0.2) is 0 Å². The summed E-state index contributed by atoms with van der Waals surface area (Å²) in [5.41, 5.74) is 1.34. The molecular formula is C22H14Cl4N8O4. The topological polar surface area (TPSA) is 161 Å². The third-order valence-corrected chi connectivity index (χ3v) is 6.08. The highest BCUT2D eigenvalue weighted by molar-refractivity contribution is 6.40. The predicted octanol–water partition coefficient (Wildman–Crippen LogP) is 7.84. The molecule has 0 bridgehead atoms. The van der Waals surface area contributed by atoms with Crippen molar-refractivity contribution in [3.05, 3.63) is 94.4 Å². The first-order chi connectivity index (χ1) is 18.0. The maximum absolute atomic E-state index is 11.1. The van der Waals surface area contributed by atoms with Gasteiger partial charge < -0.3 is 16.0 Å². The van der Waals surface area contributed by atoms with Gasteiger partial charge in [-0.1, -0.05) is 64.1 Å². The predicted molar refractivity (Wildman–Crippen MR) is 147 cm³/mol. The van der Waals surface area contributed by atoms with Crippen molar-refractivity contribution in [2.45, 2.75) is 6.92 Å². The molecule has 3 aromatic carbocycles. The zero-order valence-electron chi connectivity index (χ0n) is 19.0. The maximum atomic E-state index is 11.1. The summed E-state index contributed by atoms with van der Waals surface area (Å²) in [5.74, 6) is -0.0231. The maximum Gasteiger partial charge on any atom is 0.272 e. The third kappa shape index (κ3) is 6.29. The van der Waals surface area contributed by atoms with Crippen molar-refractivity contribution in [2.75, 3.05) is 16.0 Å². The van der Waals surface area contributed by atoms with Crippen LogP contribution in [0.5, 0.6) is 0 Å². The van der Waals surface area contributed by atoms with Crippen LogP contribution in [0.25, 0.3) is 0 Å². The van der Waals surface area contributed by atoms with E-state index in [9.17, 15) is 20.2 Å². The van der Waals surface area contributed by atoms with Crippen LogP contribution in [0.2, 0.25) is 20.1 Å². The Hall–Kier alpha value is -3.97. The van der Waals surface area contributed by atoms with E-state index in [2.05, 4.69) is 30.9 Å². The summed E-state index contributed by atoms with van der Waals surface area (Å²) in [6, 6.07) is 11.9. The second-order valence-electron chi connectivity index (χ2n) is 7.63. The molecule has 0 saturated heterocycles. The van der Waals surface area contributed by atoms with Gasteiger partial charge in [0, 0.05) is 30.0 Å². The highest BCUT2D eigenvalue weighted by Crippen LogP contribution is 2.38. The van der Waals surface area contributed by atoms with E-state index >= 15 is 0 Å². The van der Waals surface area contributed by atoms with Gasteiger partial charge in [0.05, 0.1) is 41.3 Å². The first-order valence-electron chi connectivity index (χ1n) is 10.4. The number of nitrogens with zero attached hydrogens (tertiary/aromatic N) is 5. The van der Waals surface area contributed by atoms with E-state index in [0.717, 1.165) is 29.8 Å². The molecule has 0 radical (unpaired) electrons. The third-order valence-electron chi connectivity index (χ3n) is 4.89. The van der Waals surface area contributed by atoms with Crippen LogP contribution in [0.4, 0.5) is 46.3 Å². The van der Waals surface area contributed by atoms with Crippen molar-refractivity contribution in [1.82, 2.24) is 15.0 Å². The first kappa shape index (κ1) is 27.1. The van der Waals surface area contributed by atoms with Gasteiger partial charge in [-0.15, -0.1) is 0 Å². The lowest BCUT2D eigenvalue weighted by molar-refractivity contribution is -0.385. The van der Waals surface area contributed by atoms with Gasteiger partial charge in [0.25, 0.3) is 11.4 Å².